The van der Waals surface area contributed by atoms with Gasteiger partial charge in [0.2, 0.25) is 0 Å². The first-order valence-corrected chi connectivity index (χ1v) is 6.56. The summed E-state index contributed by atoms with van der Waals surface area (Å²) >= 11 is 0. The van der Waals surface area contributed by atoms with Crippen LogP contribution in [0, 0.1) is 5.92 Å². The zero-order chi connectivity index (χ0) is 13.7. The molecule has 0 spiro atoms. The molecule has 1 aromatic rings. The first kappa shape index (κ1) is 14.1. The van der Waals surface area contributed by atoms with Gasteiger partial charge in [-0.05, 0) is 18.9 Å². The van der Waals surface area contributed by atoms with Gasteiger partial charge in [0.15, 0.2) is 0 Å². The van der Waals surface area contributed by atoms with E-state index in [1.54, 1.807) is 14.2 Å². The highest BCUT2D eigenvalue weighted by Crippen LogP contribution is 2.35. The number of rotatable bonds is 5. The quantitative estimate of drug-likeness (QED) is 0.626. The highest BCUT2D eigenvalue weighted by molar-refractivity contribution is 5.42. The first-order chi connectivity index (χ1) is 9.30. The van der Waals surface area contributed by atoms with Gasteiger partial charge in [0.05, 0.1) is 26.9 Å². The molecule has 0 radical (unpaired) electrons. The predicted octanol–water partition coefficient (Wildman–Crippen LogP) is 1.63. The molecular weight excluding hydrogens is 244 g/mol. The summed E-state index contributed by atoms with van der Waals surface area (Å²) in [7, 11) is 3.30. The maximum absolute atomic E-state index is 5.74. The molecule has 2 rings (SSSR count). The second-order valence-electron chi connectivity index (χ2n) is 4.73. The zero-order valence-electron chi connectivity index (χ0n) is 11.5. The number of hydrogen-bond donors (Lipinski definition) is 2. The molecule has 0 amide bonds. The third-order valence-electron chi connectivity index (χ3n) is 3.62. The molecule has 1 heterocycles. The minimum atomic E-state index is 0.0288. The summed E-state index contributed by atoms with van der Waals surface area (Å²) in [5.74, 6) is 7.66. The number of hydrazine groups is 1. The first-order valence-electron chi connectivity index (χ1n) is 6.56. The Morgan fingerprint density at radius 2 is 2.21 bits per heavy atom. The van der Waals surface area contributed by atoms with Crippen LogP contribution in [-0.4, -0.2) is 27.4 Å². The van der Waals surface area contributed by atoms with Crippen molar-refractivity contribution in [2.45, 2.75) is 18.9 Å². The summed E-state index contributed by atoms with van der Waals surface area (Å²) in [5.41, 5.74) is 3.94. The lowest BCUT2D eigenvalue weighted by Crippen LogP contribution is -2.37. The summed E-state index contributed by atoms with van der Waals surface area (Å²) < 4.78 is 16.2. The Kier molecular flexibility index (Phi) is 5.01. The monoisotopic (exact) mass is 266 g/mol. The van der Waals surface area contributed by atoms with Crippen molar-refractivity contribution < 1.29 is 14.2 Å². The predicted molar refractivity (Wildman–Crippen MR) is 73.2 cm³/mol. The molecule has 106 valence electrons. The van der Waals surface area contributed by atoms with Crippen LogP contribution in [0.15, 0.2) is 18.2 Å². The topological polar surface area (TPSA) is 65.7 Å². The molecule has 1 aromatic carbocycles. The number of ether oxygens (including phenoxy) is 3. The van der Waals surface area contributed by atoms with E-state index in [-0.39, 0.29) is 6.04 Å². The fourth-order valence-electron chi connectivity index (χ4n) is 2.58. The van der Waals surface area contributed by atoms with Crippen LogP contribution in [0.5, 0.6) is 11.5 Å². The van der Waals surface area contributed by atoms with Gasteiger partial charge in [0.25, 0.3) is 0 Å². The van der Waals surface area contributed by atoms with E-state index in [0.29, 0.717) is 5.92 Å². The van der Waals surface area contributed by atoms with Gasteiger partial charge in [-0.2, -0.15) is 0 Å². The van der Waals surface area contributed by atoms with Gasteiger partial charge in [-0.15, -0.1) is 0 Å². The molecule has 3 N–H and O–H groups in total. The number of benzene rings is 1. The van der Waals surface area contributed by atoms with Crippen LogP contribution in [0.2, 0.25) is 0 Å². The van der Waals surface area contributed by atoms with Gasteiger partial charge < -0.3 is 14.2 Å². The molecule has 19 heavy (non-hydrogen) atoms. The standard InChI is InChI=1S/C14H22N2O3/c1-17-11-5-6-12(13(8-11)18-2)14(16-15)10-4-3-7-19-9-10/h5-6,8,10,14,16H,3-4,7,9,15H2,1-2H3. The number of nitrogens with two attached hydrogens (primary N) is 1. The van der Waals surface area contributed by atoms with Crippen LogP contribution in [0.4, 0.5) is 0 Å². The number of methoxy groups -OCH3 is 2. The number of hydrogen-bond acceptors (Lipinski definition) is 5. The van der Waals surface area contributed by atoms with E-state index in [2.05, 4.69) is 5.43 Å². The van der Waals surface area contributed by atoms with E-state index in [4.69, 9.17) is 20.1 Å². The molecule has 0 aromatic heterocycles. The van der Waals surface area contributed by atoms with Gasteiger partial charge >= 0.3 is 0 Å². The van der Waals surface area contributed by atoms with Crippen molar-refractivity contribution in [2.24, 2.45) is 11.8 Å². The summed E-state index contributed by atoms with van der Waals surface area (Å²) in [6.45, 7) is 1.57. The molecule has 1 saturated heterocycles. The van der Waals surface area contributed by atoms with Crippen molar-refractivity contribution in [3.05, 3.63) is 23.8 Å². The van der Waals surface area contributed by atoms with Gasteiger partial charge in [0, 0.05) is 24.2 Å². The average Bonchev–Trinajstić information content (AvgIpc) is 2.49. The Morgan fingerprint density at radius 1 is 1.37 bits per heavy atom. The Labute approximate surface area is 114 Å². The second kappa shape index (κ2) is 6.75. The maximum atomic E-state index is 5.74. The third kappa shape index (κ3) is 3.18. The van der Waals surface area contributed by atoms with Crippen molar-refractivity contribution >= 4 is 0 Å². The molecule has 5 heteroatoms. The molecule has 0 aliphatic carbocycles. The average molecular weight is 266 g/mol. The van der Waals surface area contributed by atoms with Gasteiger partial charge in [-0.25, -0.2) is 0 Å². The van der Waals surface area contributed by atoms with Gasteiger partial charge in [0.1, 0.15) is 11.5 Å². The molecule has 0 saturated carbocycles. The Bertz CT molecular complexity index is 406. The molecule has 2 atom stereocenters. The Morgan fingerprint density at radius 3 is 2.79 bits per heavy atom. The fraction of sp³-hybridized carbons (Fsp3) is 0.571. The lowest BCUT2D eigenvalue weighted by atomic mass is 9.88. The highest BCUT2D eigenvalue weighted by Gasteiger charge is 2.27. The summed E-state index contributed by atoms with van der Waals surface area (Å²) in [6.07, 6.45) is 2.17. The molecule has 2 unspecified atom stereocenters. The van der Waals surface area contributed by atoms with Crippen molar-refractivity contribution in [1.29, 1.82) is 0 Å². The van der Waals surface area contributed by atoms with Crippen LogP contribution >= 0.6 is 0 Å². The largest absolute Gasteiger partial charge is 0.497 e. The highest BCUT2D eigenvalue weighted by atomic mass is 16.5. The minimum absolute atomic E-state index is 0.0288. The van der Waals surface area contributed by atoms with Crippen molar-refractivity contribution in [2.75, 3.05) is 27.4 Å². The lowest BCUT2D eigenvalue weighted by molar-refractivity contribution is 0.0386. The van der Waals surface area contributed by atoms with E-state index in [0.717, 1.165) is 43.1 Å². The van der Waals surface area contributed by atoms with E-state index in [9.17, 15) is 0 Å². The van der Waals surface area contributed by atoms with Gasteiger partial charge in [-0.1, -0.05) is 6.07 Å². The molecule has 1 aliphatic heterocycles. The molecule has 0 bridgehead atoms. The van der Waals surface area contributed by atoms with Crippen LogP contribution in [0.1, 0.15) is 24.4 Å². The molecule has 5 nitrogen and oxygen atoms in total. The fourth-order valence-corrected chi connectivity index (χ4v) is 2.58. The number of nitrogens with one attached hydrogen (secondary N) is 1. The van der Waals surface area contributed by atoms with Crippen molar-refractivity contribution in [3.63, 3.8) is 0 Å². The molecule has 1 fully saturated rings. The Hall–Kier alpha value is -1.30. The van der Waals surface area contributed by atoms with E-state index in [1.165, 1.54) is 0 Å². The van der Waals surface area contributed by atoms with Crippen molar-refractivity contribution in [3.8, 4) is 11.5 Å². The zero-order valence-corrected chi connectivity index (χ0v) is 11.5. The summed E-state index contributed by atoms with van der Waals surface area (Å²) in [6, 6.07) is 5.83. The third-order valence-corrected chi connectivity index (χ3v) is 3.62. The second-order valence-corrected chi connectivity index (χ2v) is 4.73. The van der Waals surface area contributed by atoms with E-state index < -0.39 is 0 Å². The van der Waals surface area contributed by atoms with E-state index >= 15 is 0 Å². The van der Waals surface area contributed by atoms with Crippen LogP contribution < -0.4 is 20.7 Å². The smallest absolute Gasteiger partial charge is 0.127 e. The SMILES string of the molecule is COc1ccc(C(NN)C2CCCOC2)c(OC)c1. The molecule has 1 aliphatic rings. The van der Waals surface area contributed by atoms with E-state index in [1.807, 2.05) is 18.2 Å². The summed E-state index contributed by atoms with van der Waals surface area (Å²) in [4.78, 5) is 0. The summed E-state index contributed by atoms with van der Waals surface area (Å²) in [5, 5.41) is 0. The Balaban J connectivity index is 2.26. The maximum Gasteiger partial charge on any atom is 0.127 e. The minimum Gasteiger partial charge on any atom is -0.497 e. The lowest BCUT2D eigenvalue weighted by Gasteiger charge is -2.30. The van der Waals surface area contributed by atoms with Crippen LogP contribution in [-0.2, 0) is 4.74 Å². The normalized spacial score (nSPS) is 20.9. The molecular formula is C14H22N2O3. The van der Waals surface area contributed by atoms with Crippen LogP contribution in [0.25, 0.3) is 0 Å². The van der Waals surface area contributed by atoms with Gasteiger partial charge in [-0.3, -0.25) is 11.3 Å². The van der Waals surface area contributed by atoms with Crippen LogP contribution in [0.3, 0.4) is 0 Å². The van der Waals surface area contributed by atoms with Crippen molar-refractivity contribution in [1.82, 2.24) is 5.43 Å².